The van der Waals surface area contributed by atoms with E-state index in [1.54, 1.807) is 7.11 Å². The average molecular weight is 279 g/mol. The van der Waals surface area contributed by atoms with E-state index in [2.05, 4.69) is 19.1 Å². The van der Waals surface area contributed by atoms with Gasteiger partial charge < -0.3 is 9.84 Å². The fourth-order valence-electron chi connectivity index (χ4n) is 2.34. The molecule has 0 amide bonds. The van der Waals surface area contributed by atoms with E-state index in [4.69, 9.17) is 9.84 Å². The number of benzene rings is 1. The first kappa shape index (κ1) is 16.5. The number of methoxy groups -OCH3 is 1. The van der Waals surface area contributed by atoms with Crippen LogP contribution in [-0.4, -0.2) is 41.7 Å². The predicted molar refractivity (Wildman–Crippen MR) is 80.3 cm³/mol. The lowest BCUT2D eigenvalue weighted by molar-refractivity contribution is -0.139. The minimum absolute atomic E-state index is 0.0987. The summed E-state index contributed by atoms with van der Waals surface area (Å²) in [6, 6.07) is 8.50. The van der Waals surface area contributed by atoms with Crippen molar-refractivity contribution in [2.75, 3.05) is 13.7 Å². The number of hydrogen-bond acceptors (Lipinski definition) is 3. The summed E-state index contributed by atoms with van der Waals surface area (Å²) in [5, 5.41) is 8.97. The van der Waals surface area contributed by atoms with E-state index >= 15 is 0 Å². The van der Waals surface area contributed by atoms with Gasteiger partial charge in [0.15, 0.2) is 0 Å². The molecule has 0 fully saturated rings. The van der Waals surface area contributed by atoms with Crippen molar-refractivity contribution in [2.45, 2.75) is 45.7 Å². The monoisotopic (exact) mass is 279 g/mol. The lowest BCUT2D eigenvalue weighted by Crippen LogP contribution is -2.42. The molecule has 0 spiro atoms. The maximum atomic E-state index is 10.9. The molecule has 20 heavy (non-hydrogen) atoms. The van der Waals surface area contributed by atoms with E-state index in [0.717, 1.165) is 18.6 Å². The number of ether oxygens (including phenoxy) is 1. The number of carbonyl (C=O) groups is 1. The van der Waals surface area contributed by atoms with Crippen molar-refractivity contribution in [2.24, 2.45) is 0 Å². The van der Waals surface area contributed by atoms with Gasteiger partial charge in [0.25, 0.3) is 0 Å². The molecule has 1 aromatic rings. The van der Waals surface area contributed by atoms with Crippen molar-refractivity contribution in [1.29, 1.82) is 0 Å². The number of carboxylic acids is 1. The van der Waals surface area contributed by atoms with Crippen molar-refractivity contribution in [3.63, 3.8) is 0 Å². The van der Waals surface area contributed by atoms with Gasteiger partial charge in [0.1, 0.15) is 5.75 Å². The minimum Gasteiger partial charge on any atom is -0.497 e. The molecule has 0 bridgehead atoms. The second kappa shape index (κ2) is 7.90. The number of rotatable bonds is 8. The highest BCUT2D eigenvalue weighted by Crippen LogP contribution is 2.15. The standard InChI is InChI=1S/C16H25NO3/c1-12(2)17(11-16(18)19)13(3)5-6-14-7-9-15(20-4)10-8-14/h7-10,12-13H,5-6,11H2,1-4H3,(H,18,19). The second-order valence-electron chi connectivity index (χ2n) is 5.40. The Balaban J connectivity index is 2.54. The molecular weight excluding hydrogens is 254 g/mol. The first-order valence-corrected chi connectivity index (χ1v) is 7.04. The fraction of sp³-hybridized carbons (Fsp3) is 0.562. The Morgan fingerprint density at radius 3 is 2.30 bits per heavy atom. The van der Waals surface area contributed by atoms with Crippen LogP contribution in [0.15, 0.2) is 24.3 Å². The topological polar surface area (TPSA) is 49.8 Å². The summed E-state index contributed by atoms with van der Waals surface area (Å²) in [6.45, 7) is 6.26. The SMILES string of the molecule is COc1ccc(CCC(C)N(CC(=O)O)C(C)C)cc1. The average Bonchev–Trinajstić information content (AvgIpc) is 2.42. The van der Waals surface area contributed by atoms with Crippen molar-refractivity contribution in [3.05, 3.63) is 29.8 Å². The van der Waals surface area contributed by atoms with Crippen LogP contribution in [0.4, 0.5) is 0 Å². The van der Waals surface area contributed by atoms with Gasteiger partial charge >= 0.3 is 5.97 Å². The van der Waals surface area contributed by atoms with Crippen LogP contribution >= 0.6 is 0 Å². The fourth-order valence-corrected chi connectivity index (χ4v) is 2.34. The summed E-state index contributed by atoms with van der Waals surface area (Å²) in [7, 11) is 1.66. The molecule has 0 aromatic heterocycles. The first-order valence-electron chi connectivity index (χ1n) is 7.04. The third-order valence-electron chi connectivity index (χ3n) is 3.56. The number of aryl methyl sites for hydroxylation is 1. The Bertz CT molecular complexity index is 414. The van der Waals surface area contributed by atoms with Crippen LogP contribution in [0.1, 0.15) is 32.8 Å². The molecule has 4 nitrogen and oxygen atoms in total. The molecule has 1 rings (SSSR count). The quantitative estimate of drug-likeness (QED) is 0.795. The van der Waals surface area contributed by atoms with Crippen LogP contribution in [0.3, 0.4) is 0 Å². The molecule has 1 aromatic carbocycles. The summed E-state index contributed by atoms with van der Waals surface area (Å²) < 4.78 is 5.13. The molecule has 0 saturated carbocycles. The highest BCUT2D eigenvalue weighted by molar-refractivity contribution is 5.69. The van der Waals surface area contributed by atoms with Gasteiger partial charge in [0.05, 0.1) is 13.7 Å². The summed E-state index contributed by atoms with van der Waals surface area (Å²) in [5.41, 5.74) is 1.25. The van der Waals surface area contributed by atoms with Crippen LogP contribution in [0, 0.1) is 0 Å². The van der Waals surface area contributed by atoms with Crippen molar-refractivity contribution >= 4 is 5.97 Å². The van der Waals surface area contributed by atoms with Gasteiger partial charge in [-0.2, -0.15) is 0 Å². The minimum atomic E-state index is -0.769. The summed E-state index contributed by atoms with van der Waals surface area (Å²) in [4.78, 5) is 12.9. The number of carboxylic acid groups (broad SMARTS) is 1. The third kappa shape index (κ3) is 5.21. The van der Waals surface area contributed by atoms with Gasteiger partial charge in [-0.3, -0.25) is 9.69 Å². The van der Waals surface area contributed by atoms with E-state index in [9.17, 15) is 4.79 Å². The van der Waals surface area contributed by atoms with Gasteiger partial charge in [-0.25, -0.2) is 0 Å². The maximum absolute atomic E-state index is 10.9. The number of hydrogen-bond donors (Lipinski definition) is 1. The van der Waals surface area contributed by atoms with Crippen molar-refractivity contribution in [1.82, 2.24) is 4.90 Å². The van der Waals surface area contributed by atoms with Gasteiger partial charge in [-0.05, 0) is 51.3 Å². The van der Waals surface area contributed by atoms with Crippen LogP contribution in [-0.2, 0) is 11.2 Å². The molecule has 0 saturated heterocycles. The zero-order chi connectivity index (χ0) is 15.1. The molecule has 0 aliphatic heterocycles. The number of aliphatic carboxylic acids is 1. The molecular formula is C16H25NO3. The van der Waals surface area contributed by atoms with Crippen molar-refractivity contribution in [3.8, 4) is 5.75 Å². The first-order chi connectivity index (χ1) is 9.43. The van der Waals surface area contributed by atoms with E-state index in [1.807, 2.05) is 30.9 Å². The summed E-state index contributed by atoms with van der Waals surface area (Å²) in [5.74, 6) is 0.0893. The smallest absolute Gasteiger partial charge is 0.317 e. The van der Waals surface area contributed by atoms with Crippen LogP contribution < -0.4 is 4.74 Å². The summed E-state index contributed by atoms with van der Waals surface area (Å²) >= 11 is 0. The molecule has 0 aliphatic carbocycles. The molecule has 0 heterocycles. The summed E-state index contributed by atoms with van der Waals surface area (Å²) in [6.07, 6.45) is 1.88. The molecule has 0 aliphatic rings. The van der Waals surface area contributed by atoms with E-state index in [1.165, 1.54) is 5.56 Å². The highest BCUT2D eigenvalue weighted by Gasteiger charge is 2.19. The Morgan fingerprint density at radius 1 is 1.25 bits per heavy atom. The predicted octanol–water partition coefficient (Wildman–Crippen LogP) is 2.81. The van der Waals surface area contributed by atoms with Crippen LogP contribution in [0.2, 0.25) is 0 Å². The highest BCUT2D eigenvalue weighted by atomic mass is 16.5. The lowest BCUT2D eigenvalue weighted by Gasteiger charge is -2.31. The Labute approximate surface area is 121 Å². The van der Waals surface area contributed by atoms with Gasteiger partial charge in [0, 0.05) is 12.1 Å². The molecule has 1 N–H and O–H groups in total. The zero-order valence-electron chi connectivity index (χ0n) is 12.8. The van der Waals surface area contributed by atoms with Gasteiger partial charge in [0.2, 0.25) is 0 Å². The Hall–Kier alpha value is -1.55. The van der Waals surface area contributed by atoms with Crippen molar-refractivity contribution < 1.29 is 14.6 Å². The molecule has 0 radical (unpaired) electrons. The van der Waals surface area contributed by atoms with E-state index in [0.29, 0.717) is 0 Å². The third-order valence-corrected chi connectivity index (χ3v) is 3.56. The van der Waals surface area contributed by atoms with Crippen LogP contribution in [0.25, 0.3) is 0 Å². The maximum Gasteiger partial charge on any atom is 0.317 e. The Kier molecular flexibility index (Phi) is 6.52. The number of nitrogens with zero attached hydrogens (tertiary/aromatic N) is 1. The second-order valence-corrected chi connectivity index (χ2v) is 5.40. The van der Waals surface area contributed by atoms with Gasteiger partial charge in [-0.15, -0.1) is 0 Å². The lowest BCUT2D eigenvalue weighted by atomic mass is 10.0. The molecule has 4 heteroatoms. The zero-order valence-corrected chi connectivity index (χ0v) is 12.8. The van der Waals surface area contributed by atoms with E-state index in [-0.39, 0.29) is 18.6 Å². The molecule has 1 unspecified atom stereocenters. The molecule has 112 valence electrons. The largest absolute Gasteiger partial charge is 0.497 e. The van der Waals surface area contributed by atoms with E-state index < -0.39 is 5.97 Å². The van der Waals surface area contributed by atoms with Gasteiger partial charge in [-0.1, -0.05) is 12.1 Å². The molecule has 1 atom stereocenters. The van der Waals surface area contributed by atoms with Crippen LogP contribution in [0.5, 0.6) is 5.75 Å². The Morgan fingerprint density at radius 2 is 1.85 bits per heavy atom. The normalized spacial score (nSPS) is 12.7.